The third-order valence-corrected chi connectivity index (χ3v) is 4.91. The zero-order valence-corrected chi connectivity index (χ0v) is 15.3. The Bertz CT molecular complexity index is 944. The maximum absolute atomic E-state index is 12.5. The van der Waals surface area contributed by atoms with Crippen LogP contribution < -0.4 is 11.1 Å². The summed E-state index contributed by atoms with van der Waals surface area (Å²) in [7, 11) is -2.68. The van der Waals surface area contributed by atoms with Crippen molar-refractivity contribution in [1.29, 1.82) is 0 Å². The fourth-order valence-corrected chi connectivity index (χ4v) is 3.37. The van der Waals surface area contributed by atoms with Gasteiger partial charge in [0, 0.05) is 15.0 Å². The van der Waals surface area contributed by atoms with Gasteiger partial charge in [0.1, 0.15) is 6.61 Å². The van der Waals surface area contributed by atoms with Crippen LogP contribution in [0.3, 0.4) is 0 Å². The third-order valence-electron chi connectivity index (χ3n) is 3.64. The number of rotatable bonds is 6. The average molecular weight is 387 g/mol. The van der Waals surface area contributed by atoms with E-state index in [0.717, 1.165) is 10.4 Å². The molecule has 3 aromatic rings. The third kappa shape index (κ3) is 4.53. The highest BCUT2D eigenvalue weighted by Gasteiger charge is 2.14. The Hall–Kier alpha value is -2.57. The summed E-state index contributed by atoms with van der Waals surface area (Å²) in [4.78, 5) is 22.3. The molecular formula is C18H16N2O4PS+. The van der Waals surface area contributed by atoms with Gasteiger partial charge in [0.25, 0.3) is 5.91 Å². The van der Waals surface area contributed by atoms with E-state index in [4.69, 9.17) is 10.6 Å². The van der Waals surface area contributed by atoms with Crippen LogP contribution in [0.25, 0.3) is 10.4 Å². The molecule has 0 saturated carbocycles. The summed E-state index contributed by atoms with van der Waals surface area (Å²) in [6.07, 6.45) is 0. The van der Waals surface area contributed by atoms with E-state index in [1.165, 1.54) is 0 Å². The zero-order valence-electron chi connectivity index (χ0n) is 13.6. The Morgan fingerprint density at radius 3 is 2.77 bits per heavy atom. The minimum atomic E-state index is -2.68. The van der Waals surface area contributed by atoms with Crippen LogP contribution in [0.1, 0.15) is 15.9 Å². The van der Waals surface area contributed by atoms with Gasteiger partial charge in [-0.1, -0.05) is 24.3 Å². The number of thiophene rings is 1. The predicted molar refractivity (Wildman–Crippen MR) is 103 cm³/mol. The lowest BCUT2D eigenvalue weighted by atomic mass is 10.1. The first kappa shape index (κ1) is 18.2. The summed E-state index contributed by atoms with van der Waals surface area (Å²) in [6, 6.07) is 16.1. The number of hydrogen-bond donors (Lipinski definition) is 3. The number of hydrogen-bond acceptors (Lipinski definition) is 5. The van der Waals surface area contributed by atoms with Crippen molar-refractivity contribution in [3.8, 4) is 10.4 Å². The molecule has 3 rings (SSSR count). The van der Waals surface area contributed by atoms with Crippen LogP contribution >= 0.6 is 19.6 Å². The Balaban J connectivity index is 1.79. The second-order valence-corrected chi connectivity index (χ2v) is 7.13. The molecular weight excluding hydrogens is 371 g/mol. The second-order valence-electron chi connectivity index (χ2n) is 5.45. The fraction of sp³-hybridized carbons (Fsp3) is 0.0556. The van der Waals surface area contributed by atoms with Gasteiger partial charge in [-0.25, -0.2) is 0 Å². The molecule has 4 N–H and O–H groups in total. The number of nitrogens with one attached hydrogen (secondary N) is 1. The van der Waals surface area contributed by atoms with Crippen LogP contribution in [0.15, 0.2) is 60.0 Å². The number of nitrogen functional groups attached to an aromatic ring is 1. The number of carbonyl (C=O) groups is 1. The first-order chi connectivity index (χ1) is 12.5. The smallest absolute Gasteiger partial charge is 0.397 e. The maximum atomic E-state index is 12.5. The van der Waals surface area contributed by atoms with Crippen LogP contribution in [0, 0.1) is 0 Å². The molecule has 26 heavy (non-hydrogen) atoms. The molecule has 1 atom stereocenters. The van der Waals surface area contributed by atoms with E-state index >= 15 is 0 Å². The molecule has 1 amide bonds. The highest BCUT2D eigenvalue weighted by molar-refractivity contribution is 7.32. The van der Waals surface area contributed by atoms with Gasteiger partial charge in [-0.05, 0) is 46.8 Å². The average Bonchev–Trinajstić information content (AvgIpc) is 3.16. The summed E-state index contributed by atoms with van der Waals surface area (Å²) in [5, 5.41) is 4.80. The topological polar surface area (TPSA) is 102 Å². The number of anilines is 2. The van der Waals surface area contributed by atoms with Crippen molar-refractivity contribution in [3.05, 3.63) is 71.1 Å². The van der Waals surface area contributed by atoms with Crippen molar-refractivity contribution in [3.63, 3.8) is 0 Å². The summed E-state index contributed by atoms with van der Waals surface area (Å²) < 4.78 is 15.3. The summed E-state index contributed by atoms with van der Waals surface area (Å²) in [5.74, 6) is -0.324. The van der Waals surface area contributed by atoms with Crippen LogP contribution in [-0.4, -0.2) is 10.8 Å². The standard InChI is InChI=1S/C18H15N2O4PS/c19-15-7-6-13(17-5-2-8-26-17)10-16(15)20-18(21)14-4-1-3-12(9-14)11-24-25(22)23/h1-10H,11,19H2,(H-,20,21,22,23)/p+1. The minimum absolute atomic E-state index is 0.0528. The molecule has 0 bridgehead atoms. The van der Waals surface area contributed by atoms with Gasteiger partial charge >= 0.3 is 8.25 Å². The molecule has 0 aliphatic rings. The van der Waals surface area contributed by atoms with E-state index in [9.17, 15) is 9.36 Å². The first-order valence-electron chi connectivity index (χ1n) is 7.65. The van der Waals surface area contributed by atoms with Gasteiger partial charge in [0.2, 0.25) is 0 Å². The number of nitrogens with two attached hydrogens (primary N) is 1. The van der Waals surface area contributed by atoms with E-state index in [1.807, 2.05) is 29.6 Å². The van der Waals surface area contributed by atoms with Crippen molar-refractivity contribution in [2.24, 2.45) is 0 Å². The van der Waals surface area contributed by atoms with Gasteiger partial charge in [0.15, 0.2) is 0 Å². The van der Waals surface area contributed by atoms with E-state index in [1.54, 1.807) is 41.7 Å². The SMILES string of the molecule is Nc1ccc(-c2cccs2)cc1NC(=O)c1cccc(CO[P+](=O)O)c1. The lowest BCUT2D eigenvalue weighted by Crippen LogP contribution is -2.13. The first-order valence-corrected chi connectivity index (χ1v) is 9.66. The van der Waals surface area contributed by atoms with Gasteiger partial charge in [-0.2, -0.15) is 0 Å². The molecule has 8 heteroatoms. The Morgan fingerprint density at radius 1 is 1.19 bits per heavy atom. The Morgan fingerprint density at radius 2 is 2.04 bits per heavy atom. The molecule has 2 aromatic carbocycles. The molecule has 0 radical (unpaired) electrons. The molecule has 132 valence electrons. The molecule has 0 fully saturated rings. The number of carbonyl (C=O) groups excluding carboxylic acids is 1. The number of benzene rings is 2. The van der Waals surface area contributed by atoms with E-state index in [2.05, 4.69) is 9.84 Å². The summed E-state index contributed by atoms with van der Waals surface area (Å²) in [5.41, 5.74) is 8.98. The Labute approximate surface area is 155 Å². The molecule has 0 saturated heterocycles. The summed E-state index contributed by atoms with van der Waals surface area (Å²) in [6.45, 7) is -0.0528. The normalized spacial score (nSPS) is 11.2. The van der Waals surface area contributed by atoms with Gasteiger partial charge in [-0.3, -0.25) is 4.79 Å². The number of amides is 1. The van der Waals surface area contributed by atoms with Crippen LogP contribution in [-0.2, 0) is 15.7 Å². The molecule has 0 aliphatic heterocycles. The monoisotopic (exact) mass is 387 g/mol. The summed E-state index contributed by atoms with van der Waals surface area (Å²) >= 11 is 1.60. The molecule has 1 unspecified atom stereocenters. The lowest BCUT2D eigenvalue weighted by Gasteiger charge is -2.10. The molecule has 1 aromatic heterocycles. The van der Waals surface area contributed by atoms with Crippen LogP contribution in [0.5, 0.6) is 0 Å². The largest absolute Gasteiger partial charge is 0.695 e. The van der Waals surface area contributed by atoms with Crippen molar-refractivity contribution in [2.45, 2.75) is 6.61 Å². The van der Waals surface area contributed by atoms with Gasteiger partial charge < -0.3 is 11.1 Å². The van der Waals surface area contributed by atoms with E-state index in [-0.39, 0.29) is 12.5 Å². The van der Waals surface area contributed by atoms with Crippen molar-refractivity contribution >= 4 is 36.9 Å². The molecule has 0 aliphatic carbocycles. The van der Waals surface area contributed by atoms with Crippen molar-refractivity contribution < 1.29 is 18.8 Å². The van der Waals surface area contributed by atoms with Gasteiger partial charge in [-0.15, -0.1) is 20.8 Å². The maximum Gasteiger partial charge on any atom is 0.695 e. The molecule has 1 heterocycles. The predicted octanol–water partition coefficient (Wildman–Crippen LogP) is 4.42. The van der Waals surface area contributed by atoms with E-state index in [0.29, 0.717) is 22.5 Å². The van der Waals surface area contributed by atoms with Gasteiger partial charge in [0.05, 0.1) is 11.4 Å². The molecule has 6 nitrogen and oxygen atoms in total. The minimum Gasteiger partial charge on any atom is -0.397 e. The zero-order chi connectivity index (χ0) is 18.5. The molecule has 0 spiro atoms. The van der Waals surface area contributed by atoms with Crippen LogP contribution in [0.2, 0.25) is 0 Å². The van der Waals surface area contributed by atoms with E-state index < -0.39 is 8.25 Å². The quantitative estimate of drug-likeness (QED) is 0.429. The lowest BCUT2D eigenvalue weighted by molar-refractivity contribution is 0.102. The second kappa shape index (κ2) is 8.21. The van der Waals surface area contributed by atoms with Crippen molar-refractivity contribution in [2.75, 3.05) is 11.1 Å². The highest BCUT2D eigenvalue weighted by atomic mass is 32.1. The Kier molecular flexibility index (Phi) is 5.75. The highest BCUT2D eigenvalue weighted by Crippen LogP contribution is 2.30. The van der Waals surface area contributed by atoms with Crippen LogP contribution in [0.4, 0.5) is 11.4 Å². The van der Waals surface area contributed by atoms with Crippen molar-refractivity contribution in [1.82, 2.24) is 0 Å². The fourth-order valence-electron chi connectivity index (χ4n) is 2.39.